The van der Waals surface area contributed by atoms with E-state index in [2.05, 4.69) is 0 Å². The van der Waals surface area contributed by atoms with E-state index in [-0.39, 0.29) is 0 Å². The number of nitro groups is 2. The monoisotopic (exact) mass is 342 g/mol. The topological polar surface area (TPSA) is 120 Å². The van der Waals surface area contributed by atoms with E-state index in [0.717, 1.165) is 0 Å². The number of quaternary nitrogens is 1. The predicted octanol–water partition coefficient (Wildman–Crippen LogP) is 0.906. The molecule has 0 bridgehead atoms. The Labute approximate surface area is 142 Å². The van der Waals surface area contributed by atoms with Crippen molar-refractivity contribution in [1.82, 2.24) is 0 Å². The van der Waals surface area contributed by atoms with Gasteiger partial charge in [-0.25, -0.2) is 0 Å². The summed E-state index contributed by atoms with van der Waals surface area (Å²) in [6.07, 6.45) is 0. The van der Waals surface area contributed by atoms with Crippen LogP contribution < -0.4 is 5.32 Å². The minimum atomic E-state index is -1.65. The highest BCUT2D eigenvalue weighted by Crippen LogP contribution is 2.28. The number of ketones is 1. The third-order valence-corrected chi connectivity index (χ3v) is 4.50. The summed E-state index contributed by atoms with van der Waals surface area (Å²) in [5.41, 5.74) is 1.19. The number of rotatable bonds is 4. The van der Waals surface area contributed by atoms with Crippen molar-refractivity contribution in [2.75, 3.05) is 0 Å². The molecule has 0 saturated carbocycles. The minimum absolute atomic E-state index is 0.597. The van der Waals surface area contributed by atoms with Gasteiger partial charge in [-0.2, -0.15) is 0 Å². The Bertz CT molecular complexity index is 731. The quantitative estimate of drug-likeness (QED) is 0.654. The van der Waals surface area contributed by atoms with Gasteiger partial charge in [-0.15, -0.1) is 0 Å². The number of Topliss-reactive ketones (excluding diaryl/α,β-unsaturated/α-hetero) is 1. The number of hydrogen-bond donors (Lipinski definition) is 1. The van der Waals surface area contributed by atoms with Gasteiger partial charge in [0.05, 0.1) is 0 Å². The second-order valence-corrected chi connectivity index (χ2v) is 5.93. The van der Waals surface area contributed by atoms with Gasteiger partial charge in [0.25, 0.3) is 5.78 Å². The lowest BCUT2D eigenvalue weighted by molar-refractivity contribution is -0.790. The van der Waals surface area contributed by atoms with Crippen LogP contribution in [0, 0.1) is 20.2 Å². The zero-order valence-electron chi connectivity index (χ0n) is 13.1. The maximum atomic E-state index is 12.7. The molecule has 0 aliphatic carbocycles. The second kappa shape index (κ2) is 6.78. The van der Waals surface area contributed by atoms with E-state index in [9.17, 15) is 25.0 Å². The zero-order chi connectivity index (χ0) is 18.0. The fourth-order valence-corrected chi connectivity index (χ4v) is 3.37. The predicted molar refractivity (Wildman–Crippen MR) is 86.9 cm³/mol. The number of carbonyl (C=O) groups excluding carboxylic acids is 1. The van der Waals surface area contributed by atoms with Crippen LogP contribution in [0.4, 0.5) is 0 Å². The summed E-state index contributed by atoms with van der Waals surface area (Å²) in [6.45, 7) is 0. The third kappa shape index (κ3) is 3.11. The molecule has 8 nitrogen and oxygen atoms in total. The number of piperidine rings is 1. The highest BCUT2D eigenvalue weighted by molar-refractivity contribution is 5.89. The molecule has 2 aromatic rings. The van der Waals surface area contributed by atoms with Crippen LogP contribution in [0.2, 0.25) is 0 Å². The van der Waals surface area contributed by atoms with E-state index in [1.165, 1.54) is 0 Å². The van der Waals surface area contributed by atoms with Crippen LogP contribution >= 0.6 is 0 Å². The molecule has 1 aliphatic heterocycles. The summed E-state index contributed by atoms with van der Waals surface area (Å²) >= 11 is 0. The van der Waals surface area contributed by atoms with Crippen molar-refractivity contribution in [2.45, 2.75) is 24.2 Å². The van der Waals surface area contributed by atoms with Gasteiger partial charge in [0, 0.05) is 21.0 Å². The van der Waals surface area contributed by atoms with Gasteiger partial charge in [0.2, 0.25) is 0 Å². The fraction of sp³-hybridized carbons (Fsp3) is 0.235. The zero-order valence-corrected chi connectivity index (χ0v) is 13.1. The van der Waals surface area contributed by atoms with Gasteiger partial charge >= 0.3 is 12.1 Å². The first-order valence-corrected chi connectivity index (χ1v) is 7.76. The lowest BCUT2D eigenvalue weighted by atomic mass is 9.82. The van der Waals surface area contributed by atoms with E-state index in [4.69, 9.17) is 0 Å². The molecule has 0 aromatic heterocycles. The minimum Gasteiger partial charge on any atom is -0.321 e. The summed E-state index contributed by atoms with van der Waals surface area (Å²) in [7, 11) is 0. The Kier molecular flexibility index (Phi) is 4.53. The van der Waals surface area contributed by atoms with Crippen molar-refractivity contribution in [2.24, 2.45) is 0 Å². The molecule has 1 aliphatic rings. The molecule has 0 spiro atoms. The van der Waals surface area contributed by atoms with Gasteiger partial charge in [-0.3, -0.25) is 25.0 Å². The van der Waals surface area contributed by atoms with Crippen LogP contribution in [0.5, 0.6) is 0 Å². The summed E-state index contributed by atoms with van der Waals surface area (Å²) in [5.74, 6) is -0.958. The van der Waals surface area contributed by atoms with Crippen molar-refractivity contribution in [3.05, 3.63) is 92.0 Å². The largest absolute Gasteiger partial charge is 0.332 e. The van der Waals surface area contributed by atoms with Crippen molar-refractivity contribution in [3.8, 4) is 0 Å². The number of benzene rings is 2. The average molecular weight is 342 g/mol. The Morgan fingerprint density at radius 3 is 1.40 bits per heavy atom. The SMILES string of the molecule is O=C1[C@@H]([N+](=O)[O-])[C@@H](c2ccccc2)[NH2+][C@@H](c2ccccc2)[C@H]1[N+](=O)[O-]. The average Bonchev–Trinajstić information content (AvgIpc) is 2.61. The maximum Gasteiger partial charge on any atom is 0.332 e. The van der Waals surface area contributed by atoms with Gasteiger partial charge in [0.1, 0.15) is 0 Å². The van der Waals surface area contributed by atoms with Crippen LogP contribution in [-0.4, -0.2) is 27.7 Å². The van der Waals surface area contributed by atoms with E-state index >= 15 is 0 Å². The van der Waals surface area contributed by atoms with Gasteiger partial charge in [-0.05, 0) is 0 Å². The Balaban J connectivity index is 2.09. The Hall–Kier alpha value is -3.13. The van der Waals surface area contributed by atoms with Gasteiger partial charge in [-0.1, -0.05) is 60.7 Å². The summed E-state index contributed by atoms with van der Waals surface area (Å²) < 4.78 is 0. The van der Waals surface area contributed by atoms with E-state index in [1.54, 1.807) is 66.0 Å². The van der Waals surface area contributed by atoms with Crippen molar-refractivity contribution in [1.29, 1.82) is 0 Å². The summed E-state index contributed by atoms with van der Waals surface area (Å²) in [6, 6.07) is 12.3. The molecule has 1 saturated heterocycles. The highest BCUT2D eigenvalue weighted by Gasteiger charge is 2.60. The van der Waals surface area contributed by atoms with E-state index in [0.29, 0.717) is 11.1 Å². The molecule has 0 amide bonds. The molecule has 2 aromatic carbocycles. The second-order valence-electron chi connectivity index (χ2n) is 5.93. The number of carbonyl (C=O) groups is 1. The molecule has 128 valence electrons. The molecule has 4 atom stereocenters. The molecular formula is C17H16N3O5+. The highest BCUT2D eigenvalue weighted by atomic mass is 16.6. The first-order chi connectivity index (χ1) is 12.0. The molecule has 1 heterocycles. The van der Waals surface area contributed by atoms with E-state index < -0.39 is 39.8 Å². The first kappa shape index (κ1) is 16.7. The van der Waals surface area contributed by atoms with Crippen LogP contribution in [0.25, 0.3) is 0 Å². The maximum absolute atomic E-state index is 12.7. The normalized spacial score (nSPS) is 26.2. The number of hydrogen-bond acceptors (Lipinski definition) is 5. The van der Waals surface area contributed by atoms with E-state index in [1.807, 2.05) is 0 Å². The Morgan fingerprint density at radius 1 is 0.720 bits per heavy atom. The third-order valence-electron chi connectivity index (χ3n) is 4.50. The van der Waals surface area contributed by atoms with Crippen LogP contribution in [0.1, 0.15) is 23.2 Å². The molecule has 25 heavy (non-hydrogen) atoms. The van der Waals surface area contributed by atoms with Crippen molar-refractivity contribution < 1.29 is 20.0 Å². The van der Waals surface area contributed by atoms with Gasteiger partial charge < -0.3 is 5.32 Å². The number of nitrogens with zero attached hydrogens (tertiary/aromatic N) is 2. The van der Waals surface area contributed by atoms with Gasteiger partial charge in [0.15, 0.2) is 12.1 Å². The van der Waals surface area contributed by atoms with Crippen molar-refractivity contribution in [3.63, 3.8) is 0 Å². The molecule has 2 N–H and O–H groups in total. The Morgan fingerprint density at radius 2 is 1.08 bits per heavy atom. The summed E-state index contributed by atoms with van der Waals surface area (Å²) in [5, 5.41) is 24.6. The van der Waals surface area contributed by atoms with Crippen LogP contribution in [-0.2, 0) is 4.79 Å². The molecule has 1 fully saturated rings. The lowest BCUT2D eigenvalue weighted by Crippen LogP contribution is -2.95. The molecule has 8 heteroatoms. The fourth-order valence-electron chi connectivity index (χ4n) is 3.37. The number of nitrogens with two attached hydrogens (primary N) is 1. The smallest absolute Gasteiger partial charge is 0.321 e. The molecule has 0 radical (unpaired) electrons. The van der Waals surface area contributed by atoms with Crippen molar-refractivity contribution >= 4 is 5.78 Å². The summed E-state index contributed by atoms with van der Waals surface area (Å²) in [4.78, 5) is 34.2. The standard InChI is InChI=1S/C17H15N3O5/c21-17-15(19(22)23)13(11-7-3-1-4-8-11)18-14(16(17)20(24)25)12-9-5-2-6-10-12/h1-10,13-16,18H/p+1/t13-,14+,15+,16-. The molecule has 0 unspecified atom stereocenters. The molecule has 3 rings (SSSR count). The van der Waals surface area contributed by atoms with Crippen LogP contribution in [0.3, 0.4) is 0 Å². The first-order valence-electron chi connectivity index (χ1n) is 7.76. The lowest BCUT2D eigenvalue weighted by Gasteiger charge is -2.30. The molecular weight excluding hydrogens is 326 g/mol. The van der Waals surface area contributed by atoms with Crippen LogP contribution in [0.15, 0.2) is 60.7 Å².